The van der Waals surface area contributed by atoms with Gasteiger partial charge in [0.05, 0.1) is 5.69 Å². The van der Waals surface area contributed by atoms with Gasteiger partial charge in [0.25, 0.3) is 0 Å². The summed E-state index contributed by atoms with van der Waals surface area (Å²) in [6.45, 7) is 2.60. The zero-order valence-electron chi connectivity index (χ0n) is 8.76. The van der Waals surface area contributed by atoms with Crippen molar-refractivity contribution < 1.29 is 4.39 Å². The van der Waals surface area contributed by atoms with Crippen molar-refractivity contribution in [2.45, 2.75) is 13.5 Å². The standard InChI is InChI=1S/C12H11BrFNS/c1-8-2-3-11(14)12(4-8)15-6-10-5-9(13)7-16-10/h2-5,7,15H,6H2,1H3. The molecule has 0 bridgehead atoms. The lowest BCUT2D eigenvalue weighted by Gasteiger charge is -2.06. The molecule has 2 rings (SSSR count). The summed E-state index contributed by atoms with van der Waals surface area (Å²) in [5.74, 6) is -0.207. The number of hydrogen-bond acceptors (Lipinski definition) is 2. The fourth-order valence-electron chi connectivity index (χ4n) is 1.40. The number of anilines is 1. The second-order valence-electron chi connectivity index (χ2n) is 3.57. The predicted molar refractivity (Wildman–Crippen MR) is 70.5 cm³/mol. The molecule has 1 heterocycles. The average Bonchev–Trinajstić information content (AvgIpc) is 2.66. The third-order valence-corrected chi connectivity index (χ3v) is 3.89. The molecule has 0 aliphatic carbocycles. The second-order valence-corrected chi connectivity index (χ2v) is 5.48. The largest absolute Gasteiger partial charge is 0.378 e. The van der Waals surface area contributed by atoms with Crippen LogP contribution in [0.1, 0.15) is 10.4 Å². The summed E-state index contributed by atoms with van der Waals surface area (Å²) in [5, 5.41) is 5.12. The van der Waals surface area contributed by atoms with Gasteiger partial charge in [-0.3, -0.25) is 0 Å². The molecule has 1 aromatic carbocycles. The van der Waals surface area contributed by atoms with Crippen LogP contribution in [0.25, 0.3) is 0 Å². The van der Waals surface area contributed by atoms with Gasteiger partial charge in [-0.25, -0.2) is 4.39 Å². The van der Waals surface area contributed by atoms with Crippen LogP contribution in [0.5, 0.6) is 0 Å². The van der Waals surface area contributed by atoms with E-state index in [1.54, 1.807) is 17.4 Å². The lowest BCUT2D eigenvalue weighted by atomic mass is 10.2. The summed E-state index contributed by atoms with van der Waals surface area (Å²) in [7, 11) is 0. The van der Waals surface area contributed by atoms with Gasteiger partial charge in [0.1, 0.15) is 5.82 Å². The number of benzene rings is 1. The van der Waals surface area contributed by atoms with Gasteiger partial charge in [-0.05, 0) is 46.6 Å². The summed E-state index contributed by atoms with van der Waals surface area (Å²) >= 11 is 5.04. The first-order valence-electron chi connectivity index (χ1n) is 4.88. The van der Waals surface area contributed by atoms with E-state index in [4.69, 9.17) is 0 Å². The zero-order chi connectivity index (χ0) is 11.5. The van der Waals surface area contributed by atoms with E-state index >= 15 is 0 Å². The monoisotopic (exact) mass is 299 g/mol. The molecule has 0 saturated carbocycles. The molecule has 0 saturated heterocycles. The topological polar surface area (TPSA) is 12.0 Å². The van der Waals surface area contributed by atoms with E-state index in [0.29, 0.717) is 12.2 Å². The molecule has 1 aromatic heterocycles. The lowest BCUT2D eigenvalue weighted by molar-refractivity contribution is 0.630. The Morgan fingerprint density at radius 1 is 1.38 bits per heavy atom. The van der Waals surface area contributed by atoms with Crippen LogP contribution in [0.4, 0.5) is 10.1 Å². The molecule has 16 heavy (non-hydrogen) atoms. The van der Waals surface area contributed by atoms with Gasteiger partial charge in [0.15, 0.2) is 0 Å². The molecule has 0 aliphatic heterocycles. The minimum absolute atomic E-state index is 0.207. The summed E-state index contributed by atoms with van der Waals surface area (Å²) in [6, 6.07) is 7.10. The van der Waals surface area contributed by atoms with Crippen LogP contribution in [-0.2, 0) is 6.54 Å². The van der Waals surface area contributed by atoms with E-state index in [-0.39, 0.29) is 5.82 Å². The minimum atomic E-state index is -0.207. The van der Waals surface area contributed by atoms with Gasteiger partial charge >= 0.3 is 0 Å². The normalized spacial score (nSPS) is 10.4. The molecule has 2 aromatic rings. The van der Waals surface area contributed by atoms with E-state index < -0.39 is 0 Å². The molecule has 0 unspecified atom stereocenters. The Kier molecular flexibility index (Phi) is 3.61. The Hall–Kier alpha value is -0.870. The van der Waals surface area contributed by atoms with Crippen LogP contribution in [0, 0.1) is 12.7 Å². The highest BCUT2D eigenvalue weighted by atomic mass is 79.9. The molecule has 0 fully saturated rings. The van der Waals surface area contributed by atoms with Gasteiger partial charge in [0, 0.05) is 21.3 Å². The first-order chi connectivity index (χ1) is 7.65. The van der Waals surface area contributed by atoms with Crippen molar-refractivity contribution in [3.63, 3.8) is 0 Å². The maximum absolute atomic E-state index is 13.4. The Morgan fingerprint density at radius 2 is 2.19 bits per heavy atom. The van der Waals surface area contributed by atoms with E-state index in [2.05, 4.69) is 21.2 Å². The van der Waals surface area contributed by atoms with Gasteiger partial charge in [-0.2, -0.15) is 0 Å². The minimum Gasteiger partial charge on any atom is -0.378 e. The highest BCUT2D eigenvalue weighted by Gasteiger charge is 2.02. The zero-order valence-corrected chi connectivity index (χ0v) is 11.2. The van der Waals surface area contributed by atoms with Gasteiger partial charge in [0.2, 0.25) is 0 Å². The lowest BCUT2D eigenvalue weighted by Crippen LogP contribution is -2.00. The van der Waals surface area contributed by atoms with Crippen molar-refractivity contribution in [3.8, 4) is 0 Å². The van der Waals surface area contributed by atoms with Gasteiger partial charge in [-0.1, -0.05) is 6.07 Å². The molecule has 0 radical (unpaired) electrons. The first-order valence-corrected chi connectivity index (χ1v) is 6.55. The highest BCUT2D eigenvalue weighted by molar-refractivity contribution is 9.10. The third kappa shape index (κ3) is 2.83. The van der Waals surface area contributed by atoms with Crippen LogP contribution in [-0.4, -0.2) is 0 Å². The first kappa shape index (κ1) is 11.6. The smallest absolute Gasteiger partial charge is 0.146 e. The second kappa shape index (κ2) is 4.97. The third-order valence-electron chi connectivity index (χ3n) is 2.20. The van der Waals surface area contributed by atoms with Gasteiger partial charge in [-0.15, -0.1) is 11.3 Å². The van der Waals surface area contributed by atoms with Crippen molar-refractivity contribution in [2.24, 2.45) is 0 Å². The number of hydrogen-bond donors (Lipinski definition) is 1. The number of halogens is 2. The number of aryl methyl sites for hydroxylation is 1. The van der Waals surface area contributed by atoms with Crippen molar-refractivity contribution >= 4 is 33.0 Å². The molecule has 0 atom stereocenters. The van der Waals surface area contributed by atoms with E-state index in [1.165, 1.54) is 10.9 Å². The van der Waals surface area contributed by atoms with E-state index in [0.717, 1.165) is 10.0 Å². The van der Waals surface area contributed by atoms with Crippen LogP contribution in [0.15, 0.2) is 34.1 Å². The number of nitrogens with one attached hydrogen (secondary N) is 1. The summed E-state index contributed by atoms with van der Waals surface area (Å²) in [5.41, 5.74) is 1.61. The Balaban J connectivity index is 2.07. The van der Waals surface area contributed by atoms with Crippen molar-refractivity contribution in [2.75, 3.05) is 5.32 Å². The maximum Gasteiger partial charge on any atom is 0.146 e. The average molecular weight is 300 g/mol. The van der Waals surface area contributed by atoms with Crippen LogP contribution >= 0.6 is 27.3 Å². The SMILES string of the molecule is Cc1ccc(F)c(NCc2cc(Br)cs2)c1. The molecule has 0 spiro atoms. The number of rotatable bonds is 3. The predicted octanol–water partition coefficient (Wildman–Crippen LogP) is 4.57. The Labute approximate surface area is 106 Å². The van der Waals surface area contributed by atoms with Crippen LogP contribution < -0.4 is 5.32 Å². The molecule has 1 nitrogen and oxygen atoms in total. The molecule has 1 N–H and O–H groups in total. The van der Waals surface area contributed by atoms with E-state index in [1.807, 2.05) is 24.4 Å². The molecule has 4 heteroatoms. The summed E-state index contributed by atoms with van der Waals surface area (Å²) in [4.78, 5) is 1.17. The van der Waals surface area contributed by atoms with Crippen LogP contribution in [0.2, 0.25) is 0 Å². The summed E-state index contributed by atoms with van der Waals surface area (Å²) in [6.07, 6.45) is 0. The van der Waals surface area contributed by atoms with Crippen molar-refractivity contribution in [3.05, 3.63) is 50.4 Å². The van der Waals surface area contributed by atoms with E-state index in [9.17, 15) is 4.39 Å². The van der Waals surface area contributed by atoms with Crippen molar-refractivity contribution in [1.29, 1.82) is 0 Å². The molecular weight excluding hydrogens is 289 g/mol. The van der Waals surface area contributed by atoms with Crippen molar-refractivity contribution in [1.82, 2.24) is 0 Å². The molecule has 0 amide bonds. The molecular formula is C12H11BrFNS. The Morgan fingerprint density at radius 3 is 2.88 bits per heavy atom. The maximum atomic E-state index is 13.4. The summed E-state index contributed by atoms with van der Waals surface area (Å²) < 4.78 is 14.5. The van der Waals surface area contributed by atoms with Gasteiger partial charge < -0.3 is 5.32 Å². The number of thiophene rings is 1. The quantitative estimate of drug-likeness (QED) is 0.875. The fourth-order valence-corrected chi connectivity index (χ4v) is 2.79. The molecule has 84 valence electrons. The Bertz CT molecular complexity index is 496. The molecule has 0 aliphatic rings. The fraction of sp³-hybridized carbons (Fsp3) is 0.167. The van der Waals surface area contributed by atoms with Crippen LogP contribution in [0.3, 0.4) is 0 Å². The highest BCUT2D eigenvalue weighted by Crippen LogP contribution is 2.22.